The van der Waals surface area contributed by atoms with Gasteiger partial charge in [-0.3, -0.25) is 9.08 Å². The number of fused-ring (bicyclic) bond motifs is 1. The van der Waals surface area contributed by atoms with E-state index in [1.54, 1.807) is 10.7 Å². The molecule has 0 unspecified atom stereocenters. The molecule has 3 aromatic heterocycles. The molecule has 0 saturated heterocycles. The molecule has 0 aliphatic carbocycles. The fourth-order valence-electron chi connectivity index (χ4n) is 3.64. The lowest BCUT2D eigenvalue weighted by molar-refractivity contribution is 0.301. The molecule has 0 atom stereocenters. The third-order valence-corrected chi connectivity index (χ3v) is 4.93. The number of aryl methyl sites for hydroxylation is 3. The topological polar surface area (TPSA) is 44.4 Å². The number of halogens is 1. The van der Waals surface area contributed by atoms with Gasteiger partial charge in [-0.25, -0.2) is 9.37 Å². The van der Waals surface area contributed by atoms with Gasteiger partial charge in [-0.2, -0.15) is 5.10 Å². The summed E-state index contributed by atoms with van der Waals surface area (Å²) in [6.45, 7) is 5.99. The predicted molar refractivity (Wildman–Crippen MR) is 112 cm³/mol. The molecule has 0 amide bonds. The van der Waals surface area contributed by atoms with E-state index in [0.29, 0.717) is 17.0 Å². The largest absolute Gasteiger partial charge is 0.485 e. The van der Waals surface area contributed by atoms with E-state index in [1.807, 2.05) is 75.0 Å². The van der Waals surface area contributed by atoms with Gasteiger partial charge in [0.25, 0.3) is 0 Å². The average molecular weight is 390 g/mol. The molecule has 4 rings (SSSR count). The number of imidazole rings is 1. The second-order valence-electron chi connectivity index (χ2n) is 7.01. The zero-order valence-corrected chi connectivity index (χ0v) is 17.0. The molecule has 0 radical (unpaired) electrons. The number of hydrogen-bond donors (Lipinski definition) is 0. The molecular weight excluding hydrogens is 367 g/mol. The summed E-state index contributed by atoms with van der Waals surface area (Å²) in [6, 6.07) is 8.81. The predicted octanol–water partition coefficient (Wildman–Crippen LogP) is 5.10. The first-order chi connectivity index (χ1) is 14.0. The van der Waals surface area contributed by atoms with E-state index in [9.17, 15) is 4.39 Å². The van der Waals surface area contributed by atoms with Gasteiger partial charge in [0, 0.05) is 30.6 Å². The van der Waals surface area contributed by atoms with E-state index >= 15 is 0 Å². The van der Waals surface area contributed by atoms with Crippen molar-refractivity contribution in [3.63, 3.8) is 0 Å². The third kappa shape index (κ3) is 3.42. The number of rotatable bonds is 5. The summed E-state index contributed by atoms with van der Waals surface area (Å²) in [5, 5.41) is 4.45. The highest BCUT2D eigenvalue weighted by Gasteiger charge is 2.18. The maximum Gasteiger partial charge on any atom is 0.180 e. The maximum absolute atomic E-state index is 14.4. The van der Waals surface area contributed by atoms with Crippen molar-refractivity contribution in [2.75, 3.05) is 0 Å². The number of allylic oxidation sites excluding steroid dienone is 1. The smallest absolute Gasteiger partial charge is 0.180 e. The summed E-state index contributed by atoms with van der Waals surface area (Å²) >= 11 is 0. The van der Waals surface area contributed by atoms with Crippen molar-refractivity contribution < 1.29 is 9.13 Å². The summed E-state index contributed by atoms with van der Waals surface area (Å²) in [5.41, 5.74) is 5.87. The molecule has 6 heteroatoms. The van der Waals surface area contributed by atoms with Crippen molar-refractivity contribution in [3.05, 3.63) is 77.1 Å². The fourth-order valence-corrected chi connectivity index (χ4v) is 3.64. The van der Waals surface area contributed by atoms with Crippen LogP contribution in [-0.2, 0) is 13.7 Å². The first kappa shape index (κ1) is 18.9. The van der Waals surface area contributed by atoms with Crippen LogP contribution in [0.25, 0.3) is 23.0 Å². The first-order valence-corrected chi connectivity index (χ1v) is 9.50. The van der Waals surface area contributed by atoms with Crippen molar-refractivity contribution in [2.45, 2.75) is 27.4 Å². The van der Waals surface area contributed by atoms with Gasteiger partial charge in [-0.05, 0) is 44.5 Å². The van der Waals surface area contributed by atoms with Crippen LogP contribution in [0, 0.1) is 19.7 Å². The van der Waals surface area contributed by atoms with Gasteiger partial charge in [0.2, 0.25) is 0 Å². The van der Waals surface area contributed by atoms with Crippen LogP contribution in [0.5, 0.6) is 5.75 Å². The lowest BCUT2D eigenvalue weighted by Crippen LogP contribution is -2.02. The SMILES string of the molecule is C/C=C/c1cccc(F)c1COc1cccn2c(-c3cn(C)nc3C)c(C)nc12. The highest BCUT2D eigenvalue weighted by molar-refractivity contribution is 5.71. The summed E-state index contributed by atoms with van der Waals surface area (Å²) in [4.78, 5) is 4.73. The first-order valence-electron chi connectivity index (χ1n) is 9.50. The molecular formula is C23H23FN4O. The molecule has 0 aliphatic rings. The minimum absolute atomic E-state index is 0.124. The monoisotopic (exact) mass is 390 g/mol. The maximum atomic E-state index is 14.4. The van der Waals surface area contributed by atoms with Gasteiger partial charge in [-0.15, -0.1) is 0 Å². The number of ether oxygens (including phenoxy) is 1. The summed E-state index contributed by atoms with van der Waals surface area (Å²) in [5.74, 6) is 0.330. The highest BCUT2D eigenvalue weighted by Crippen LogP contribution is 2.31. The Kier molecular flexibility index (Phi) is 4.92. The minimum Gasteiger partial charge on any atom is -0.485 e. The lowest BCUT2D eigenvalue weighted by atomic mass is 10.1. The number of pyridine rings is 1. The van der Waals surface area contributed by atoms with Crippen molar-refractivity contribution >= 4 is 11.7 Å². The van der Waals surface area contributed by atoms with Gasteiger partial charge in [0.15, 0.2) is 11.4 Å². The Bertz CT molecular complexity index is 1220. The Morgan fingerprint density at radius 1 is 1.14 bits per heavy atom. The summed E-state index contributed by atoms with van der Waals surface area (Å²) in [7, 11) is 1.90. The van der Waals surface area contributed by atoms with Crippen LogP contribution in [0.3, 0.4) is 0 Å². The van der Waals surface area contributed by atoms with Crippen molar-refractivity contribution in [1.29, 1.82) is 0 Å². The molecule has 0 bridgehead atoms. The summed E-state index contributed by atoms with van der Waals surface area (Å²) < 4.78 is 24.2. The third-order valence-electron chi connectivity index (χ3n) is 4.93. The quantitative estimate of drug-likeness (QED) is 0.476. The molecule has 0 spiro atoms. The minimum atomic E-state index is -0.279. The molecule has 0 saturated carbocycles. The Balaban J connectivity index is 1.74. The molecule has 5 nitrogen and oxygen atoms in total. The van der Waals surface area contributed by atoms with Crippen molar-refractivity contribution in [1.82, 2.24) is 19.2 Å². The van der Waals surface area contributed by atoms with Crippen LogP contribution < -0.4 is 4.74 Å². The van der Waals surface area contributed by atoms with Gasteiger partial charge in [0.1, 0.15) is 12.4 Å². The Hall–Kier alpha value is -3.41. The zero-order valence-electron chi connectivity index (χ0n) is 17.0. The molecule has 148 valence electrons. The summed E-state index contributed by atoms with van der Waals surface area (Å²) in [6.07, 6.45) is 7.71. The lowest BCUT2D eigenvalue weighted by Gasteiger charge is -2.11. The van der Waals surface area contributed by atoms with Gasteiger partial charge in [0.05, 0.1) is 17.1 Å². The molecule has 0 aliphatic heterocycles. The van der Waals surface area contributed by atoms with E-state index < -0.39 is 0 Å². The molecule has 0 fully saturated rings. The van der Waals surface area contributed by atoms with E-state index in [1.165, 1.54) is 6.07 Å². The van der Waals surface area contributed by atoms with Gasteiger partial charge < -0.3 is 4.74 Å². The van der Waals surface area contributed by atoms with Crippen molar-refractivity contribution in [3.8, 4) is 17.0 Å². The number of aromatic nitrogens is 4. The normalized spacial score (nSPS) is 11.6. The van der Waals surface area contributed by atoms with E-state index in [-0.39, 0.29) is 12.4 Å². The van der Waals surface area contributed by atoms with E-state index in [4.69, 9.17) is 9.72 Å². The van der Waals surface area contributed by atoms with Gasteiger partial charge >= 0.3 is 0 Å². The second kappa shape index (κ2) is 7.54. The van der Waals surface area contributed by atoms with Crippen LogP contribution >= 0.6 is 0 Å². The van der Waals surface area contributed by atoms with Crippen LogP contribution in [-0.4, -0.2) is 19.2 Å². The standard InChI is InChI=1S/C23H23FN4O/c1-5-8-17-9-6-10-20(24)19(17)14-29-21-11-7-12-28-22(16(3)25-23(21)28)18-13-27(4)26-15(18)2/h5-13H,14H2,1-4H3/b8-5+. The zero-order chi connectivity index (χ0) is 20.5. The molecule has 4 aromatic rings. The highest BCUT2D eigenvalue weighted by atomic mass is 19.1. The average Bonchev–Trinajstić information content (AvgIpc) is 3.19. The Morgan fingerprint density at radius 2 is 1.97 bits per heavy atom. The van der Waals surface area contributed by atoms with Crippen LogP contribution in [0.2, 0.25) is 0 Å². The molecule has 1 aromatic carbocycles. The van der Waals surface area contributed by atoms with Gasteiger partial charge in [-0.1, -0.05) is 24.3 Å². The van der Waals surface area contributed by atoms with Crippen LogP contribution in [0.1, 0.15) is 29.4 Å². The second-order valence-corrected chi connectivity index (χ2v) is 7.01. The molecule has 3 heterocycles. The fraction of sp³-hybridized carbons (Fsp3) is 0.217. The van der Waals surface area contributed by atoms with Crippen LogP contribution in [0.4, 0.5) is 4.39 Å². The number of benzene rings is 1. The molecule has 0 N–H and O–H groups in total. The van der Waals surface area contributed by atoms with E-state index in [0.717, 1.165) is 28.2 Å². The van der Waals surface area contributed by atoms with Crippen molar-refractivity contribution in [2.24, 2.45) is 7.05 Å². The van der Waals surface area contributed by atoms with E-state index in [2.05, 4.69) is 5.10 Å². The Labute approximate surface area is 169 Å². The van der Waals surface area contributed by atoms with Crippen LogP contribution in [0.15, 0.2) is 48.8 Å². The number of nitrogens with zero attached hydrogens (tertiary/aromatic N) is 4. The molecule has 29 heavy (non-hydrogen) atoms. The number of hydrogen-bond acceptors (Lipinski definition) is 3. The Morgan fingerprint density at radius 3 is 2.69 bits per heavy atom.